The molecule has 0 spiro atoms. The van der Waals surface area contributed by atoms with Gasteiger partial charge in [0.25, 0.3) is 0 Å². The molecule has 0 bridgehead atoms. The number of amides is 1. The van der Waals surface area contributed by atoms with Gasteiger partial charge in [-0.1, -0.05) is 41.1 Å². The van der Waals surface area contributed by atoms with E-state index in [2.05, 4.69) is 20.8 Å². The Balaban J connectivity index is 0.00000192. The lowest BCUT2D eigenvalue weighted by molar-refractivity contribution is -0.116. The van der Waals surface area contributed by atoms with Gasteiger partial charge >= 0.3 is 0 Å². The lowest BCUT2D eigenvalue weighted by atomic mass is 10.0. The van der Waals surface area contributed by atoms with E-state index in [1.54, 1.807) is 0 Å². The molecule has 0 radical (unpaired) electrons. The highest BCUT2D eigenvalue weighted by Gasteiger charge is 2.17. The molecule has 1 amide bonds. The molecule has 1 saturated heterocycles. The number of rotatable bonds is 5. The van der Waals surface area contributed by atoms with Gasteiger partial charge in [-0.3, -0.25) is 4.79 Å². The lowest BCUT2D eigenvalue weighted by Crippen LogP contribution is -2.14. The molecule has 1 fully saturated rings. The summed E-state index contributed by atoms with van der Waals surface area (Å²) in [6.45, 7) is 2.08. The lowest BCUT2D eigenvalue weighted by Gasteiger charge is -2.06. The number of hydrogen-bond acceptors (Lipinski definition) is 5. The Morgan fingerprint density at radius 3 is 2.96 bits per heavy atom. The summed E-state index contributed by atoms with van der Waals surface area (Å²) in [7, 11) is 0. The Bertz CT molecular complexity index is 658. The van der Waals surface area contributed by atoms with E-state index in [1.807, 2.05) is 24.3 Å². The number of carbonyl (C=O) groups excluding carboxylic acids is 1. The monoisotopic (exact) mass is 372 g/mol. The summed E-state index contributed by atoms with van der Waals surface area (Å²) in [6, 6.07) is 7.47. The van der Waals surface area contributed by atoms with E-state index in [0.717, 1.165) is 31.5 Å². The first-order chi connectivity index (χ1) is 10.7. The van der Waals surface area contributed by atoms with Gasteiger partial charge in [-0.15, -0.1) is 22.6 Å². The Kier molecular flexibility index (Phi) is 6.77. The summed E-state index contributed by atoms with van der Waals surface area (Å²) < 4.78 is 0. The van der Waals surface area contributed by atoms with Crippen LogP contribution in [0, 0.1) is 5.92 Å². The number of nitrogens with one attached hydrogen (secondary N) is 2. The molecule has 1 aliphatic rings. The second-order valence-corrected chi connectivity index (χ2v) is 6.72. The molecule has 5 nitrogen and oxygen atoms in total. The highest BCUT2D eigenvalue weighted by molar-refractivity contribution is 7.18. The van der Waals surface area contributed by atoms with Gasteiger partial charge < -0.3 is 10.6 Å². The Morgan fingerprint density at radius 1 is 1.39 bits per heavy atom. The van der Waals surface area contributed by atoms with Crippen molar-refractivity contribution in [2.24, 2.45) is 5.92 Å². The Hall–Kier alpha value is -1.21. The third kappa shape index (κ3) is 4.88. The SMILES string of the molecule is Cl.O=C(CCC1CCNC1)Nc1nnc(-c2ccccc2Cl)s1. The maximum atomic E-state index is 12.0. The van der Waals surface area contributed by atoms with Gasteiger partial charge in [0.15, 0.2) is 5.01 Å². The summed E-state index contributed by atoms with van der Waals surface area (Å²) in [5.74, 6) is 0.604. The summed E-state index contributed by atoms with van der Waals surface area (Å²) in [4.78, 5) is 12.0. The van der Waals surface area contributed by atoms with Gasteiger partial charge in [-0.2, -0.15) is 0 Å². The summed E-state index contributed by atoms with van der Waals surface area (Å²) in [5.41, 5.74) is 0.833. The first-order valence-electron chi connectivity index (χ1n) is 7.31. The molecule has 1 atom stereocenters. The van der Waals surface area contributed by atoms with Crippen molar-refractivity contribution in [2.75, 3.05) is 18.4 Å². The van der Waals surface area contributed by atoms with Gasteiger partial charge in [0.2, 0.25) is 11.0 Å². The van der Waals surface area contributed by atoms with Crippen LogP contribution in [0.1, 0.15) is 19.3 Å². The van der Waals surface area contributed by atoms with Crippen LogP contribution in [0.3, 0.4) is 0 Å². The standard InChI is InChI=1S/C15H17ClN4OS.ClH/c16-12-4-2-1-3-11(12)14-19-20-15(22-14)18-13(21)6-5-10-7-8-17-9-10;/h1-4,10,17H,5-9H2,(H,18,20,21);1H. The van der Waals surface area contributed by atoms with Crippen molar-refractivity contribution in [1.82, 2.24) is 15.5 Å². The number of anilines is 1. The summed E-state index contributed by atoms with van der Waals surface area (Å²) >= 11 is 7.48. The second kappa shape index (κ2) is 8.59. The van der Waals surface area contributed by atoms with Crippen LogP contribution in [0.25, 0.3) is 10.6 Å². The molecular weight excluding hydrogens is 355 g/mol. The molecule has 1 aliphatic heterocycles. The third-order valence-electron chi connectivity index (χ3n) is 3.72. The van der Waals surface area contributed by atoms with Crippen LogP contribution in [-0.4, -0.2) is 29.2 Å². The van der Waals surface area contributed by atoms with Gasteiger partial charge in [0.05, 0.1) is 5.02 Å². The summed E-state index contributed by atoms with van der Waals surface area (Å²) in [6.07, 6.45) is 2.59. The van der Waals surface area contributed by atoms with E-state index in [4.69, 9.17) is 11.6 Å². The predicted molar refractivity (Wildman–Crippen MR) is 96.4 cm³/mol. The topological polar surface area (TPSA) is 66.9 Å². The zero-order valence-electron chi connectivity index (χ0n) is 12.4. The molecule has 0 aliphatic carbocycles. The van der Waals surface area contributed by atoms with E-state index in [-0.39, 0.29) is 18.3 Å². The highest BCUT2D eigenvalue weighted by atomic mass is 35.5. The second-order valence-electron chi connectivity index (χ2n) is 5.34. The van der Waals surface area contributed by atoms with Crippen molar-refractivity contribution in [2.45, 2.75) is 19.3 Å². The van der Waals surface area contributed by atoms with Gasteiger partial charge in [0, 0.05) is 12.0 Å². The average molecular weight is 373 g/mol. The number of nitrogens with zero attached hydrogens (tertiary/aromatic N) is 2. The predicted octanol–water partition coefficient (Wildman–Crippen LogP) is 3.61. The fourth-order valence-electron chi connectivity index (χ4n) is 2.50. The average Bonchev–Trinajstić information content (AvgIpc) is 3.17. The Labute approximate surface area is 150 Å². The first-order valence-corrected chi connectivity index (χ1v) is 8.51. The van der Waals surface area contributed by atoms with Crippen LogP contribution in [0.5, 0.6) is 0 Å². The molecule has 124 valence electrons. The normalized spacial score (nSPS) is 16.8. The van der Waals surface area contributed by atoms with Crippen LogP contribution in [0.2, 0.25) is 5.02 Å². The van der Waals surface area contributed by atoms with Crippen molar-refractivity contribution < 1.29 is 4.79 Å². The van der Waals surface area contributed by atoms with Crippen molar-refractivity contribution in [3.63, 3.8) is 0 Å². The Morgan fingerprint density at radius 2 is 2.22 bits per heavy atom. The number of aromatic nitrogens is 2. The molecule has 2 heterocycles. The van der Waals surface area contributed by atoms with Gasteiger partial charge in [0.1, 0.15) is 0 Å². The zero-order valence-corrected chi connectivity index (χ0v) is 14.8. The van der Waals surface area contributed by atoms with E-state index < -0.39 is 0 Å². The molecule has 2 N–H and O–H groups in total. The number of benzene rings is 1. The van der Waals surface area contributed by atoms with Crippen molar-refractivity contribution in [1.29, 1.82) is 0 Å². The first kappa shape index (κ1) is 18.1. The van der Waals surface area contributed by atoms with Gasteiger partial charge in [-0.05, 0) is 37.9 Å². The molecule has 23 heavy (non-hydrogen) atoms. The minimum atomic E-state index is -0.00578. The van der Waals surface area contributed by atoms with E-state index >= 15 is 0 Å². The van der Waals surface area contributed by atoms with E-state index in [0.29, 0.717) is 27.5 Å². The van der Waals surface area contributed by atoms with Crippen LogP contribution < -0.4 is 10.6 Å². The zero-order chi connectivity index (χ0) is 15.4. The summed E-state index contributed by atoms with van der Waals surface area (Å²) in [5, 5.41) is 16.1. The molecule has 2 aromatic rings. The quantitative estimate of drug-likeness (QED) is 0.840. The fraction of sp³-hybridized carbons (Fsp3) is 0.400. The number of halogens is 2. The molecule has 3 rings (SSSR count). The minimum Gasteiger partial charge on any atom is -0.316 e. The molecule has 1 unspecified atom stereocenters. The molecular formula is C15H18Cl2N4OS. The van der Waals surface area contributed by atoms with Crippen LogP contribution in [-0.2, 0) is 4.79 Å². The maximum absolute atomic E-state index is 12.0. The van der Waals surface area contributed by atoms with Crippen LogP contribution >= 0.6 is 35.3 Å². The van der Waals surface area contributed by atoms with Crippen molar-refractivity contribution in [3.8, 4) is 10.6 Å². The molecule has 8 heteroatoms. The smallest absolute Gasteiger partial charge is 0.226 e. The third-order valence-corrected chi connectivity index (χ3v) is 4.92. The van der Waals surface area contributed by atoms with E-state index in [1.165, 1.54) is 11.3 Å². The number of hydrogen-bond donors (Lipinski definition) is 2. The van der Waals surface area contributed by atoms with E-state index in [9.17, 15) is 4.79 Å². The van der Waals surface area contributed by atoms with Gasteiger partial charge in [-0.25, -0.2) is 0 Å². The van der Waals surface area contributed by atoms with Crippen molar-refractivity contribution >= 4 is 46.4 Å². The molecule has 1 aromatic carbocycles. The van der Waals surface area contributed by atoms with Crippen molar-refractivity contribution in [3.05, 3.63) is 29.3 Å². The molecule has 1 aromatic heterocycles. The molecule has 0 saturated carbocycles. The maximum Gasteiger partial charge on any atom is 0.226 e. The van der Waals surface area contributed by atoms with Crippen LogP contribution in [0.15, 0.2) is 24.3 Å². The van der Waals surface area contributed by atoms with Crippen LogP contribution in [0.4, 0.5) is 5.13 Å². The highest BCUT2D eigenvalue weighted by Crippen LogP contribution is 2.31. The number of carbonyl (C=O) groups is 1. The fourth-order valence-corrected chi connectivity index (χ4v) is 3.58. The minimum absolute atomic E-state index is 0. The largest absolute Gasteiger partial charge is 0.316 e.